The minimum Gasteiger partial charge on any atom is -0.497 e. The Morgan fingerprint density at radius 1 is 1.42 bits per heavy atom. The van der Waals surface area contributed by atoms with Crippen molar-refractivity contribution in [2.45, 2.75) is 31.3 Å². The first-order valence-electron chi connectivity index (χ1n) is 5.91. The van der Waals surface area contributed by atoms with Gasteiger partial charge < -0.3 is 9.47 Å². The first kappa shape index (κ1) is 15.6. The van der Waals surface area contributed by atoms with E-state index in [9.17, 15) is 9.00 Å². The van der Waals surface area contributed by atoms with Crippen molar-refractivity contribution < 1.29 is 18.5 Å². The van der Waals surface area contributed by atoms with E-state index in [0.717, 1.165) is 5.69 Å². The highest BCUT2D eigenvalue weighted by Crippen LogP contribution is 2.16. The van der Waals surface area contributed by atoms with Crippen molar-refractivity contribution in [3.05, 3.63) is 23.5 Å². The molecule has 0 fully saturated rings. The number of aryl methyl sites for hydroxylation is 1. The summed E-state index contributed by atoms with van der Waals surface area (Å²) in [5.74, 6) is 0.645. The monoisotopic (exact) mass is 285 g/mol. The van der Waals surface area contributed by atoms with Crippen molar-refractivity contribution in [3.8, 4) is 5.75 Å². The summed E-state index contributed by atoms with van der Waals surface area (Å²) < 4.78 is 21.8. The third-order valence-electron chi connectivity index (χ3n) is 2.64. The third kappa shape index (κ3) is 4.98. The summed E-state index contributed by atoms with van der Waals surface area (Å²) in [4.78, 5) is 15.5. The van der Waals surface area contributed by atoms with Crippen LogP contribution in [0.3, 0.4) is 0 Å². The molecule has 1 aromatic rings. The highest BCUT2D eigenvalue weighted by atomic mass is 32.2. The SMILES string of the molecule is COC(=O)CC(C)S(=O)Cc1cc(OC)cc(C)n1. The van der Waals surface area contributed by atoms with Gasteiger partial charge in [0.05, 0.1) is 32.1 Å². The zero-order valence-corrected chi connectivity index (χ0v) is 12.5. The van der Waals surface area contributed by atoms with Crippen LogP contribution in [-0.4, -0.2) is 34.6 Å². The van der Waals surface area contributed by atoms with E-state index < -0.39 is 10.8 Å². The zero-order chi connectivity index (χ0) is 14.4. The lowest BCUT2D eigenvalue weighted by Crippen LogP contribution is -2.18. The highest BCUT2D eigenvalue weighted by Gasteiger charge is 2.17. The molecule has 1 aromatic heterocycles. The van der Waals surface area contributed by atoms with Gasteiger partial charge in [-0.1, -0.05) is 6.92 Å². The van der Waals surface area contributed by atoms with Crippen LogP contribution in [0.4, 0.5) is 0 Å². The molecule has 0 spiro atoms. The summed E-state index contributed by atoms with van der Waals surface area (Å²) in [6, 6.07) is 3.57. The number of nitrogens with zero attached hydrogens (tertiary/aromatic N) is 1. The summed E-state index contributed by atoms with van der Waals surface area (Å²) in [5, 5.41) is -0.263. The quantitative estimate of drug-likeness (QED) is 0.743. The number of hydrogen-bond acceptors (Lipinski definition) is 5. The predicted octanol–water partition coefficient (Wildman–Crippen LogP) is 1.60. The van der Waals surface area contributed by atoms with Gasteiger partial charge in [0.15, 0.2) is 0 Å². The largest absolute Gasteiger partial charge is 0.497 e. The van der Waals surface area contributed by atoms with E-state index in [1.807, 2.05) is 13.0 Å². The van der Waals surface area contributed by atoms with Crippen molar-refractivity contribution in [2.24, 2.45) is 0 Å². The van der Waals surface area contributed by atoms with Gasteiger partial charge in [0.1, 0.15) is 5.75 Å². The van der Waals surface area contributed by atoms with Crippen LogP contribution in [0, 0.1) is 6.92 Å². The Bertz CT molecular complexity index is 476. The van der Waals surface area contributed by atoms with Crippen LogP contribution in [0.1, 0.15) is 24.7 Å². The summed E-state index contributed by atoms with van der Waals surface area (Å²) in [6.45, 7) is 3.62. The molecule has 1 heterocycles. The molecule has 0 radical (unpaired) electrons. The molecule has 0 saturated heterocycles. The Morgan fingerprint density at radius 3 is 2.68 bits per heavy atom. The van der Waals surface area contributed by atoms with Crippen LogP contribution in [0.25, 0.3) is 0 Å². The lowest BCUT2D eigenvalue weighted by atomic mass is 10.3. The summed E-state index contributed by atoms with van der Waals surface area (Å²) in [7, 11) is 1.73. The second kappa shape index (κ2) is 7.23. The highest BCUT2D eigenvalue weighted by molar-refractivity contribution is 7.84. The lowest BCUT2D eigenvalue weighted by molar-refractivity contribution is -0.140. The summed E-state index contributed by atoms with van der Waals surface area (Å²) in [5.41, 5.74) is 1.51. The Morgan fingerprint density at radius 2 is 2.11 bits per heavy atom. The van der Waals surface area contributed by atoms with Crippen LogP contribution in [-0.2, 0) is 26.1 Å². The molecule has 0 bridgehead atoms. The number of rotatable bonds is 6. The molecule has 6 heteroatoms. The van der Waals surface area contributed by atoms with Crippen molar-refractivity contribution >= 4 is 16.8 Å². The van der Waals surface area contributed by atoms with Crippen molar-refractivity contribution in [1.29, 1.82) is 0 Å². The van der Waals surface area contributed by atoms with Crippen molar-refractivity contribution in [3.63, 3.8) is 0 Å². The summed E-state index contributed by atoms with van der Waals surface area (Å²) >= 11 is 0. The molecule has 5 nitrogen and oxygen atoms in total. The molecule has 0 aliphatic heterocycles. The van der Waals surface area contributed by atoms with Gasteiger partial charge in [0.25, 0.3) is 0 Å². The Labute approximate surface area is 115 Å². The van der Waals surface area contributed by atoms with Crippen LogP contribution in [0.15, 0.2) is 12.1 Å². The van der Waals surface area contributed by atoms with Crippen LogP contribution < -0.4 is 4.74 Å². The molecular weight excluding hydrogens is 266 g/mol. The van der Waals surface area contributed by atoms with Crippen LogP contribution in [0.5, 0.6) is 5.75 Å². The number of esters is 1. The smallest absolute Gasteiger partial charge is 0.306 e. The molecule has 0 aliphatic carbocycles. The van der Waals surface area contributed by atoms with E-state index in [0.29, 0.717) is 17.2 Å². The van der Waals surface area contributed by atoms with Gasteiger partial charge in [-0.15, -0.1) is 0 Å². The number of carbonyl (C=O) groups is 1. The number of aromatic nitrogens is 1. The molecule has 1 rings (SSSR count). The maximum absolute atomic E-state index is 12.1. The van der Waals surface area contributed by atoms with Crippen LogP contribution in [0.2, 0.25) is 0 Å². The van der Waals surface area contributed by atoms with E-state index in [-0.39, 0.29) is 17.6 Å². The van der Waals surface area contributed by atoms with E-state index in [1.54, 1.807) is 20.1 Å². The number of carbonyl (C=O) groups excluding carboxylic acids is 1. The van der Waals surface area contributed by atoms with Gasteiger partial charge in [-0.25, -0.2) is 0 Å². The van der Waals surface area contributed by atoms with Gasteiger partial charge in [0, 0.05) is 33.9 Å². The van der Waals surface area contributed by atoms with Gasteiger partial charge in [0.2, 0.25) is 0 Å². The van der Waals surface area contributed by atoms with E-state index in [1.165, 1.54) is 7.11 Å². The van der Waals surface area contributed by atoms with Gasteiger partial charge in [-0.2, -0.15) is 0 Å². The standard InChI is InChI=1S/C13H19NO4S/c1-9-5-12(17-3)7-11(14-9)8-19(16)10(2)6-13(15)18-4/h5,7,10H,6,8H2,1-4H3. The lowest BCUT2D eigenvalue weighted by Gasteiger charge is -2.11. The summed E-state index contributed by atoms with van der Waals surface area (Å²) in [6.07, 6.45) is 0.145. The van der Waals surface area contributed by atoms with Crippen molar-refractivity contribution in [1.82, 2.24) is 4.98 Å². The fourth-order valence-electron chi connectivity index (χ4n) is 1.59. The number of methoxy groups -OCH3 is 2. The number of pyridine rings is 1. The Hall–Kier alpha value is -1.43. The molecule has 2 atom stereocenters. The fraction of sp³-hybridized carbons (Fsp3) is 0.538. The normalized spacial score (nSPS) is 13.7. The van der Waals surface area contributed by atoms with Crippen molar-refractivity contribution in [2.75, 3.05) is 14.2 Å². The number of ether oxygens (including phenoxy) is 2. The molecular formula is C13H19NO4S. The average Bonchev–Trinajstić information content (AvgIpc) is 2.37. The van der Waals surface area contributed by atoms with E-state index >= 15 is 0 Å². The van der Waals surface area contributed by atoms with E-state index in [2.05, 4.69) is 9.72 Å². The second-order valence-electron chi connectivity index (χ2n) is 4.26. The number of hydrogen-bond donors (Lipinski definition) is 0. The zero-order valence-electron chi connectivity index (χ0n) is 11.6. The molecule has 19 heavy (non-hydrogen) atoms. The first-order chi connectivity index (χ1) is 8.96. The minimum atomic E-state index is -1.18. The molecule has 2 unspecified atom stereocenters. The first-order valence-corrected chi connectivity index (χ1v) is 7.30. The predicted molar refractivity (Wildman–Crippen MR) is 73.5 cm³/mol. The average molecular weight is 285 g/mol. The molecule has 0 N–H and O–H groups in total. The minimum absolute atomic E-state index is 0.145. The third-order valence-corrected chi connectivity index (χ3v) is 4.28. The van der Waals surface area contributed by atoms with Gasteiger partial charge >= 0.3 is 5.97 Å². The Balaban J connectivity index is 2.71. The van der Waals surface area contributed by atoms with E-state index in [4.69, 9.17) is 4.74 Å². The molecule has 0 aromatic carbocycles. The van der Waals surface area contributed by atoms with Crippen LogP contribution >= 0.6 is 0 Å². The maximum atomic E-state index is 12.1. The maximum Gasteiger partial charge on any atom is 0.306 e. The molecule has 106 valence electrons. The van der Waals surface area contributed by atoms with Gasteiger partial charge in [-0.05, 0) is 6.92 Å². The Kier molecular flexibility index (Phi) is 5.95. The topological polar surface area (TPSA) is 65.5 Å². The van der Waals surface area contributed by atoms with Gasteiger partial charge in [-0.3, -0.25) is 14.0 Å². The molecule has 0 saturated carbocycles. The molecule has 0 amide bonds. The fourth-order valence-corrected chi connectivity index (χ4v) is 2.64. The molecule has 0 aliphatic rings. The second-order valence-corrected chi connectivity index (χ2v) is 6.11.